The number of aryl methyl sites for hydroxylation is 1. The van der Waals surface area contributed by atoms with Crippen LogP contribution >= 0.6 is 11.3 Å². The summed E-state index contributed by atoms with van der Waals surface area (Å²) in [5.41, 5.74) is 3.44. The van der Waals surface area contributed by atoms with Crippen molar-refractivity contribution in [3.63, 3.8) is 0 Å². The summed E-state index contributed by atoms with van der Waals surface area (Å²) in [4.78, 5) is 13.7. The highest BCUT2D eigenvalue weighted by Crippen LogP contribution is 2.31. The molecule has 0 aliphatic rings. The predicted octanol–water partition coefficient (Wildman–Crippen LogP) is 7.12. The van der Waals surface area contributed by atoms with Crippen molar-refractivity contribution in [3.8, 4) is 17.2 Å². The van der Waals surface area contributed by atoms with E-state index in [0.717, 1.165) is 27.7 Å². The molecule has 0 aliphatic heterocycles. The molecule has 8 heteroatoms. The number of methoxy groups -OCH3 is 1. The lowest BCUT2D eigenvalue weighted by molar-refractivity contribution is 0.0885. The molecule has 2 aromatic heterocycles. The van der Waals surface area contributed by atoms with E-state index in [1.165, 1.54) is 23.5 Å². The molecule has 0 saturated carbocycles. The average Bonchev–Trinajstić information content (AvgIpc) is 3.53. The Bertz CT molecular complexity index is 1540. The van der Waals surface area contributed by atoms with Gasteiger partial charge in [-0.2, -0.15) is 5.10 Å². The zero-order chi connectivity index (χ0) is 25.9. The zero-order valence-electron chi connectivity index (χ0n) is 20.6. The molecular formula is C30H30FN3O3S. The van der Waals surface area contributed by atoms with E-state index < -0.39 is 6.10 Å². The van der Waals surface area contributed by atoms with Crippen LogP contribution in [0, 0.1) is 12.7 Å². The van der Waals surface area contributed by atoms with Crippen LogP contribution in [0.2, 0.25) is 0 Å². The van der Waals surface area contributed by atoms with Gasteiger partial charge in [0.05, 0.1) is 35.4 Å². The van der Waals surface area contributed by atoms with Gasteiger partial charge in [0.15, 0.2) is 0 Å². The average molecular weight is 532 g/mol. The van der Waals surface area contributed by atoms with Gasteiger partial charge in [0.2, 0.25) is 0 Å². The SMILES string of the molecule is C.COc1cccc([C@@H](Oc2ccc3c(cnn3-c3ccc(F)cc3)c2)[C@H](C)NC(=O)c2sccc2C)c1. The second-order valence-corrected chi connectivity index (χ2v) is 9.68. The molecule has 0 spiro atoms. The molecule has 2 atom stereocenters. The molecule has 3 aromatic carbocycles. The van der Waals surface area contributed by atoms with Gasteiger partial charge in [0.25, 0.3) is 5.91 Å². The minimum Gasteiger partial charge on any atom is -0.497 e. The summed E-state index contributed by atoms with van der Waals surface area (Å²) in [6.07, 6.45) is 1.26. The number of hydrogen-bond acceptors (Lipinski definition) is 5. The fraction of sp³-hybridized carbons (Fsp3) is 0.200. The number of fused-ring (bicyclic) bond motifs is 1. The molecule has 38 heavy (non-hydrogen) atoms. The lowest BCUT2D eigenvalue weighted by Crippen LogP contribution is -2.39. The first-order valence-corrected chi connectivity index (χ1v) is 12.7. The number of aromatic nitrogens is 2. The number of nitrogens with zero attached hydrogens (tertiary/aromatic N) is 2. The van der Waals surface area contributed by atoms with Crippen LogP contribution in [0.1, 0.15) is 41.3 Å². The van der Waals surface area contributed by atoms with Crippen LogP contribution in [0.3, 0.4) is 0 Å². The molecule has 5 aromatic rings. The van der Waals surface area contributed by atoms with Gasteiger partial charge in [-0.05, 0) is 91.0 Å². The standard InChI is InChI=1S/C29H26FN3O3S.CH4/c1-18-13-14-37-28(18)29(34)32-19(2)27(20-5-4-6-24(15-20)35-3)36-25-11-12-26-21(16-25)17-31-33(26)23-9-7-22(30)8-10-23;/h4-17,19,27H,1-3H3,(H,32,34);1H4/t19-,27-;/m0./s1. The lowest BCUT2D eigenvalue weighted by Gasteiger charge is -2.27. The summed E-state index contributed by atoms with van der Waals surface area (Å²) in [5.74, 6) is 0.907. The van der Waals surface area contributed by atoms with E-state index in [-0.39, 0.29) is 25.2 Å². The Hall–Kier alpha value is -4.17. The van der Waals surface area contributed by atoms with Gasteiger partial charge in [-0.25, -0.2) is 9.07 Å². The molecule has 6 nitrogen and oxygen atoms in total. The first kappa shape index (κ1) is 26.9. The van der Waals surface area contributed by atoms with Crippen LogP contribution in [-0.2, 0) is 0 Å². The maximum atomic E-state index is 13.4. The first-order valence-electron chi connectivity index (χ1n) is 11.8. The first-order chi connectivity index (χ1) is 17.9. The Kier molecular flexibility index (Phi) is 8.12. The van der Waals surface area contributed by atoms with Gasteiger partial charge in [-0.15, -0.1) is 11.3 Å². The molecule has 0 saturated heterocycles. The number of halogens is 1. The van der Waals surface area contributed by atoms with E-state index in [1.807, 2.05) is 67.8 Å². The zero-order valence-corrected chi connectivity index (χ0v) is 21.5. The van der Waals surface area contributed by atoms with E-state index in [0.29, 0.717) is 16.4 Å². The van der Waals surface area contributed by atoms with Crippen molar-refractivity contribution in [1.82, 2.24) is 15.1 Å². The molecule has 0 fully saturated rings. The Labute approximate surface area is 225 Å². The van der Waals surface area contributed by atoms with Gasteiger partial charge < -0.3 is 14.8 Å². The van der Waals surface area contributed by atoms with Crippen molar-refractivity contribution in [2.75, 3.05) is 7.11 Å². The molecule has 1 amide bonds. The molecule has 0 radical (unpaired) electrons. The van der Waals surface area contributed by atoms with E-state index in [1.54, 1.807) is 30.1 Å². The minimum atomic E-state index is -0.482. The number of amides is 1. The number of thiophene rings is 1. The summed E-state index contributed by atoms with van der Waals surface area (Å²) in [6.45, 7) is 3.85. The Morgan fingerprint density at radius 2 is 1.84 bits per heavy atom. The number of carbonyl (C=O) groups is 1. The molecule has 2 heterocycles. The van der Waals surface area contributed by atoms with Crippen LogP contribution in [-0.4, -0.2) is 28.8 Å². The number of nitrogens with one attached hydrogen (secondary N) is 1. The van der Waals surface area contributed by atoms with Crippen LogP contribution in [0.5, 0.6) is 11.5 Å². The monoisotopic (exact) mass is 531 g/mol. The Balaban J connectivity index is 0.00000336. The van der Waals surface area contributed by atoms with Gasteiger partial charge in [0.1, 0.15) is 23.4 Å². The van der Waals surface area contributed by atoms with Gasteiger partial charge in [0, 0.05) is 5.39 Å². The molecule has 0 unspecified atom stereocenters. The lowest BCUT2D eigenvalue weighted by atomic mass is 10.0. The van der Waals surface area contributed by atoms with Gasteiger partial charge in [-0.1, -0.05) is 19.6 Å². The number of carbonyl (C=O) groups excluding carboxylic acids is 1. The second-order valence-electron chi connectivity index (χ2n) is 8.76. The van der Waals surface area contributed by atoms with Crippen LogP contribution in [0.4, 0.5) is 4.39 Å². The number of ether oxygens (including phenoxy) is 2. The van der Waals surface area contributed by atoms with Crippen LogP contribution in [0.25, 0.3) is 16.6 Å². The molecule has 0 bridgehead atoms. The fourth-order valence-electron chi connectivity index (χ4n) is 4.25. The third-order valence-electron chi connectivity index (χ3n) is 6.18. The van der Waals surface area contributed by atoms with Crippen LogP contribution in [0.15, 0.2) is 84.4 Å². The summed E-state index contributed by atoms with van der Waals surface area (Å²) in [7, 11) is 1.62. The van der Waals surface area contributed by atoms with Crippen molar-refractivity contribution < 1.29 is 18.7 Å². The maximum Gasteiger partial charge on any atom is 0.261 e. The summed E-state index contributed by atoms with van der Waals surface area (Å²) < 4.78 is 27.0. The summed E-state index contributed by atoms with van der Waals surface area (Å²) in [6, 6.07) is 21.1. The highest BCUT2D eigenvalue weighted by molar-refractivity contribution is 7.12. The van der Waals surface area contributed by atoms with E-state index in [2.05, 4.69) is 10.4 Å². The second kappa shape index (κ2) is 11.5. The highest BCUT2D eigenvalue weighted by Gasteiger charge is 2.25. The molecule has 196 valence electrons. The minimum absolute atomic E-state index is 0. The molecule has 5 rings (SSSR count). The van der Waals surface area contributed by atoms with E-state index in [4.69, 9.17) is 9.47 Å². The fourth-order valence-corrected chi connectivity index (χ4v) is 5.08. The summed E-state index contributed by atoms with van der Waals surface area (Å²) >= 11 is 1.42. The number of rotatable bonds is 8. The molecule has 0 aliphatic carbocycles. The molecule has 1 N–H and O–H groups in total. The van der Waals surface area contributed by atoms with E-state index >= 15 is 0 Å². The van der Waals surface area contributed by atoms with Crippen molar-refractivity contribution >= 4 is 28.1 Å². The Morgan fingerprint density at radius 3 is 2.55 bits per heavy atom. The van der Waals surface area contributed by atoms with Crippen molar-refractivity contribution in [2.24, 2.45) is 0 Å². The normalized spacial score (nSPS) is 12.4. The number of hydrogen-bond donors (Lipinski definition) is 1. The third kappa shape index (κ3) is 5.55. The highest BCUT2D eigenvalue weighted by atomic mass is 32.1. The van der Waals surface area contributed by atoms with Crippen molar-refractivity contribution in [3.05, 3.63) is 106 Å². The maximum absolute atomic E-state index is 13.4. The van der Waals surface area contributed by atoms with Gasteiger partial charge in [-0.3, -0.25) is 4.79 Å². The topological polar surface area (TPSA) is 65.4 Å². The Morgan fingerprint density at radius 1 is 1.05 bits per heavy atom. The van der Waals surface area contributed by atoms with Crippen LogP contribution < -0.4 is 14.8 Å². The quantitative estimate of drug-likeness (QED) is 0.232. The molecular weight excluding hydrogens is 501 g/mol. The predicted molar refractivity (Wildman–Crippen MR) is 150 cm³/mol. The van der Waals surface area contributed by atoms with E-state index in [9.17, 15) is 9.18 Å². The summed E-state index contributed by atoms with van der Waals surface area (Å²) in [5, 5.41) is 10.4. The smallest absolute Gasteiger partial charge is 0.261 e. The largest absolute Gasteiger partial charge is 0.497 e. The third-order valence-corrected chi connectivity index (χ3v) is 7.19. The van der Waals surface area contributed by atoms with Crippen molar-refractivity contribution in [1.29, 1.82) is 0 Å². The number of benzene rings is 3. The van der Waals surface area contributed by atoms with Gasteiger partial charge >= 0.3 is 0 Å². The van der Waals surface area contributed by atoms with Crippen molar-refractivity contribution in [2.45, 2.75) is 33.4 Å².